The van der Waals surface area contributed by atoms with E-state index in [1.54, 1.807) is 48.5 Å². The molecule has 0 aliphatic heterocycles. The molecule has 0 unspecified atom stereocenters. The summed E-state index contributed by atoms with van der Waals surface area (Å²) in [5, 5.41) is 12.3. The maximum atomic E-state index is 11.8. The van der Waals surface area contributed by atoms with E-state index in [0.717, 1.165) is 35.6 Å². The lowest BCUT2D eigenvalue weighted by Gasteiger charge is -2.14. The number of oxime groups is 1. The molecule has 0 fully saturated rings. The zero-order valence-corrected chi connectivity index (χ0v) is 26.1. The molecule has 0 atom stereocenters. The zero-order valence-electron chi connectivity index (χ0n) is 24.5. The summed E-state index contributed by atoms with van der Waals surface area (Å²) >= 11 is 0. The summed E-state index contributed by atoms with van der Waals surface area (Å²) in [4.78, 5) is 11.8. The number of anilines is 2. The molecule has 13 heteroatoms. The standard InChI is InChI=1S/C16H16N2O4S.C16H15NO4S/c1-23(20,21)18-15-10-13-11(7-8-14(13)17-19)9-16(15)22-12-5-3-2-4-6-12;1-22(19,20)17-14-10-13-11(7-8-15(13)18)9-16(14)21-12-5-3-2-4-6-12/h2-6,9-10,18-19H,7-8H2,1H3;2-6,9-10,17H,7-8H2,1H3. The van der Waals surface area contributed by atoms with E-state index in [9.17, 15) is 21.6 Å². The van der Waals surface area contributed by atoms with E-state index in [1.165, 1.54) is 0 Å². The number of rotatable bonds is 8. The summed E-state index contributed by atoms with van der Waals surface area (Å²) in [7, 11) is -6.93. The molecule has 4 aromatic carbocycles. The molecule has 0 saturated heterocycles. The Kier molecular flexibility index (Phi) is 9.11. The van der Waals surface area contributed by atoms with E-state index >= 15 is 0 Å². The minimum atomic E-state index is -3.47. The molecule has 0 aromatic heterocycles. The van der Waals surface area contributed by atoms with Crippen molar-refractivity contribution in [1.82, 2.24) is 0 Å². The minimum Gasteiger partial charge on any atom is -0.455 e. The molecular formula is C32H31N3O8S2. The van der Waals surface area contributed by atoms with Gasteiger partial charge in [-0.2, -0.15) is 0 Å². The second kappa shape index (κ2) is 13.0. The summed E-state index contributed by atoms with van der Waals surface area (Å²) in [6.07, 6.45) is 4.57. The van der Waals surface area contributed by atoms with Crippen LogP contribution in [-0.4, -0.2) is 46.0 Å². The number of nitrogens with zero attached hydrogens (tertiary/aromatic N) is 1. The normalized spacial score (nSPS) is 14.6. The summed E-state index contributed by atoms with van der Waals surface area (Å²) in [6, 6.07) is 24.9. The molecule has 0 spiro atoms. The number of aryl methyl sites for hydroxylation is 2. The van der Waals surface area contributed by atoms with E-state index in [-0.39, 0.29) is 11.5 Å². The molecule has 0 heterocycles. The van der Waals surface area contributed by atoms with Crippen LogP contribution in [-0.2, 0) is 32.9 Å². The van der Waals surface area contributed by atoms with Gasteiger partial charge in [0, 0.05) is 17.5 Å². The third kappa shape index (κ3) is 8.19. The van der Waals surface area contributed by atoms with Gasteiger partial charge in [-0.3, -0.25) is 14.2 Å². The predicted molar refractivity (Wildman–Crippen MR) is 172 cm³/mol. The Morgan fingerprint density at radius 2 is 1.09 bits per heavy atom. The Morgan fingerprint density at radius 3 is 1.56 bits per heavy atom. The molecule has 45 heavy (non-hydrogen) atoms. The number of fused-ring (bicyclic) bond motifs is 2. The number of Topliss-reactive ketones (excluding diaryl/α,β-unsaturated/α-hetero) is 1. The molecule has 2 aliphatic carbocycles. The van der Waals surface area contributed by atoms with Crippen LogP contribution in [0.5, 0.6) is 23.0 Å². The van der Waals surface area contributed by atoms with Crippen LogP contribution in [0.3, 0.4) is 0 Å². The Balaban J connectivity index is 0.000000178. The second-order valence-corrected chi connectivity index (χ2v) is 14.1. The number of para-hydroxylation sites is 2. The fraction of sp³-hybridized carbons (Fsp3) is 0.188. The van der Waals surface area contributed by atoms with Crippen LogP contribution in [0.4, 0.5) is 11.4 Å². The van der Waals surface area contributed by atoms with Gasteiger partial charge in [-0.25, -0.2) is 16.8 Å². The van der Waals surface area contributed by atoms with Crippen LogP contribution in [0, 0.1) is 0 Å². The number of ether oxygens (including phenoxy) is 2. The van der Waals surface area contributed by atoms with Gasteiger partial charge in [0.1, 0.15) is 11.5 Å². The van der Waals surface area contributed by atoms with Crippen LogP contribution >= 0.6 is 0 Å². The number of nitrogens with one attached hydrogen (secondary N) is 2. The molecule has 4 aromatic rings. The topological polar surface area (TPSA) is 160 Å². The van der Waals surface area contributed by atoms with Gasteiger partial charge in [0.25, 0.3) is 0 Å². The van der Waals surface area contributed by atoms with Crippen molar-refractivity contribution < 1.29 is 36.3 Å². The highest BCUT2D eigenvalue weighted by Gasteiger charge is 2.24. The third-order valence-corrected chi connectivity index (χ3v) is 8.11. The Labute approximate surface area is 261 Å². The van der Waals surface area contributed by atoms with Crippen molar-refractivity contribution in [2.75, 3.05) is 22.0 Å². The van der Waals surface area contributed by atoms with E-state index in [2.05, 4.69) is 14.6 Å². The SMILES string of the molecule is CS(=O)(=O)Nc1cc2c(cc1Oc1ccccc1)CCC2=NO.CS(=O)(=O)Nc1cc2c(cc1Oc1ccccc1)CCC2=O. The molecule has 0 radical (unpaired) electrons. The highest BCUT2D eigenvalue weighted by atomic mass is 32.2. The summed E-state index contributed by atoms with van der Waals surface area (Å²) in [5.41, 5.74) is 4.28. The van der Waals surface area contributed by atoms with Crippen molar-refractivity contribution in [3.05, 3.63) is 107 Å². The highest BCUT2D eigenvalue weighted by Crippen LogP contribution is 2.38. The highest BCUT2D eigenvalue weighted by molar-refractivity contribution is 7.92. The lowest BCUT2D eigenvalue weighted by Crippen LogP contribution is -2.11. The number of hydrogen-bond acceptors (Lipinski definition) is 9. The van der Waals surface area contributed by atoms with Gasteiger partial charge in [-0.05, 0) is 78.9 Å². The first kappa shape index (κ1) is 31.5. The quantitative estimate of drug-likeness (QED) is 0.156. The van der Waals surface area contributed by atoms with Gasteiger partial charge < -0.3 is 14.7 Å². The fourth-order valence-corrected chi connectivity index (χ4v) is 6.14. The van der Waals surface area contributed by atoms with Gasteiger partial charge >= 0.3 is 0 Å². The van der Waals surface area contributed by atoms with Crippen molar-refractivity contribution in [3.8, 4) is 23.0 Å². The first-order valence-electron chi connectivity index (χ1n) is 13.9. The molecule has 6 rings (SSSR count). The molecule has 11 nitrogen and oxygen atoms in total. The first-order chi connectivity index (χ1) is 21.4. The van der Waals surface area contributed by atoms with Crippen molar-refractivity contribution in [2.24, 2.45) is 5.16 Å². The lowest BCUT2D eigenvalue weighted by molar-refractivity contribution is 0.0994. The van der Waals surface area contributed by atoms with E-state index in [0.29, 0.717) is 59.2 Å². The minimum absolute atomic E-state index is 0.0258. The Hall–Kier alpha value is -4.88. The maximum Gasteiger partial charge on any atom is 0.229 e. The van der Waals surface area contributed by atoms with E-state index < -0.39 is 20.0 Å². The van der Waals surface area contributed by atoms with E-state index in [4.69, 9.17) is 14.7 Å². The van der Waals surface area contributed by atoms with Crippen LogP contribution in [0.15, 0.2) is 90.1 Å². The largest absolute Gasteiger partial charge is 0.455 e. The van der Waals surface area contributed by atoms with Gasteiger partial charge in [-0.1, -0.05) is 41.6 Å². The fourth-order valence-electron chi connectivity index (χ4n) is 5.02. The smallest absolute Gasteiger partial charge is 0.229 e. The summed E-state index contributed by atoms with van der Waals surface area (Å²) in [5.74, 6) is 2.05. The first-order valence-corrected chi connectivity index (χ1v) is 17.7. The number of benzene rings is 4. The number of carbonyl (C=O) groups is 1. The maximum absolute atomic E-state index is 11.8. The second-order valence-electron chi connectivity index (χ2n) is 10.6. The Bertz CT molecular complexity index is 1980. The van der Waals surface area contributed by atoms with Crippen molar-refractivity contribution in [3.63, 3.8) is 0 Å². The van der Waals surface area contributed by atoms with Gasteiger partial charge in [-0.15, -0.1) is 0 Å². The number of sulfonamides is 2. The number of hydrogen-bond donors (Lipinski definition) is 3. The molecule has 2 aliphatic rings. The number of ketones is 1. The Morgan fingerprint density at radius 1 is 0.644 bits per heavy atom. The van der Waals surface area contributed by atoms with Crippen LogP contribution < -0.4 is 18.9 Å². The van der Waals surface area contributed by atoms with Crippen molar-refractivity contribution in [1.29, 1.82) is 0 Å². The number of carbonyl (C=O) groups excluding carboxylic acids is 1. The third-order valence-electron chi connectivity index (χ3n) is 6.93. The van der Waals surface area contributed by atoms with Gasteiger partial charge in [0.15, 0.2) is 17.3 Å². The average molecular weight is 650 g/mol. The predicted octanol–water partition coefficient (Wildman–Crippen LogP) is 5.95. The molecule has 3 N–H and O–H groups in total. The molecule has 0 amide bonds. The average Bonchev–Trinajstić information content (AvgIpc) is 3.55. The molecule has 234 valence electrons. The summed E-state index contributed by atoms with van der Waals surface area (Å²) in [6.45, 7) is 0. The molecular weight excluding hydrogens is 618 g/mol. The lowest BCUT2D eigenvalue weighted by atomic mass is 10.1. The van der Waals surface area contributed by atoms with Crippen LogP contribution in [0.25, 0.3) is 0 Å². The van der Waals surface area contributed by atoms with Gasteiger partial charge in [0.05, 0.1) is 29.6 Å². The van der Waals surface area contributed by atoms with Crippen molar-refractivity contribution in [2.45, 2.75) is 25.7 Å². The zero-order chi connectivity index (χ0) is 32.2. The van der Waals surface area contributed by atoms with Gasteiger partial charge in [0.2, 0.25) is 20.0 Å². The van der Waals surface area contributed by atoms with Crippen LogP contribution in [0.1, 0.15) is 39.9 Å². The van der Waals surface area contributed by atoms with Crippen molar-refractivity contribution >= 4 is 42.9 Å². The molecule has 0 bridgehead atoms. The molecule has 0 saturated carbocycles. The summed E-state index contributed by atoms with van der Waals surface area (Å²) < 4.78 is 62.8. The van der Waals surface area contributed by atoms with E-state index in [1.807, 2.05) is 36.4 Å². The monoisotopic (exact) mass is 649 g/mol. The van der Waals surface area contributed by atoms with Crippen LogP contribution in [0.2, 0.25) is 0 Å².